The standard InChI is InChI=1S/C15H11N3/c1-12-7-8-15(9-13(10-16)11-17)18(12)14-5-3-2-4-6-14/h2-9H,1H3. The number of para-hydroxylation sites is 1. The van der Waals surface area contributed by atoms with E-state index in [0.717, 1.165) is 17.1 Å². The highest BCUT2D eigenvalue weighted by molar-refractivity contribution is 5.62. The van der Waals surface area contributed by atoms with Crippen molar-refractivity contribution in [2.45, 2.75) is 6.92 Å². The fourth-order valence-corrected chi connectivity index (χ4v) is 1.84. The minimum Gasteiger partial charge on any atom is -0.314 e. The van der Waals surface area contributed by atoms with Crippen LogP contribution in [0, 0.1) is 29.6 Å². The molecule has 3 heteroatoms. The maximum Gasteiger partial charge on any atom is 0.131 e. The normalized spacial score (nSPS) is 9.28. The van der Waals surface area contributed by atoms with E-state index in [0.29, 0.717) is 0 Å². The van der Waals surface area contributed by atoms with Gasteiger partial charge in [-0.2, -0.15) is 10.5 Å². The maximum absolute atomic E-state index is 8.81. The molecule has 1 aromatic heterocycles. The quantitative estimate of drug-likeness (QED) is 0.748. The van der Waals surface area contributed by atoms with Gasteiger partial charge in [0.15, 0.2) is 0 Å². The van der Waals surface area contributed by atoms with Crippen LogP contribution in [0.3, 0.4) is 0 Å². The summed E-state index contributed by atoms with van der Waals surface area (Å²) in [6.07, 6.45) is 1.60. The number of nitrogens with zero attached hydrogens (tertiary/aromatic N) is 3. The third kappa shape index (κ3) is 2.16. The number of hydrogen-bond donors (Lipinski definition) is 0. The summed E-state index contributed by atoms with van der Waals surface area (Å²) in [5, 5.41) is 17.6. The summed E-state index contributed by atoms with van der Waals surface area (Å²) in [7, 11) is 0. The van der Waals surface area contributed by atoms with Gasteiger partial charge in [0.1, 0.15) is 17.7 Å². The third-order valence-electron chi connectivity index (χ3n) is 2.65. The number of hydrogen-bond acceptors (Lipinski definition) is 2. The minimum atomic E-state index is 0.102. The first-order chi connectivity index (χ1) is 8.76. The Hall–Kier alpha value is -2.78. The topological polar surface area (TPSA) is 52.5 Å². The number of rotatable bonds is 2. The molecule has 0 amide bonds. The van der Waals surface area contributed by atoms with Crippen molar-refractivity contribution in [1.29, 1.82) is 10.5 Å². The zero-order valence-electron chi connectivity index (χ0n) is 9.96. The molecule has 0 N–H and O–H groups in total. The molecule has 0 unspecified atom stereocenters. The molecule has 1 heterocycles. The summed E-state index contributed by atoms with van der Waals surface area (Å²) in [5.41, 5.74) is 3.01. The Labute approximate surface area is 106 Å². The second kappa shape index (κ2) is 5.03. The molecule has 3 nitrogen and oxygen atoms in total. The Morgan fingerprint density at radius 1 is 1.06 bits per heavy atom. The minimum absolute atomic E-state index is 0.102. The second-order valence-electron chi connectivity index (χ2n) is 3.85. The van der Waals surface area contributed by atoms with E-state index in [1.54, 1.807) is 6.08 Å². The Bertz CT molecular complexity index is 648. The molecule has 0 fully saturated rings. The molecular weight excluding hydrogens is 222 g/mol. The van der Waals surface area contributed by atoms with Gasteiger partial charge in [0.25, 0.3) is 0 Å². The molecule has 0 aliphatic carbocycles. The number of allylic oxidation sites excluding steroid dienone is 1. The van der Waals surface area contributed by atoms with Crippen LogP contribution >= 0.6 is 0 Å². The van der Waals surface area contributed by atoms with E-state index in [2.05, 4.69) is 0 Å². The average molecular weight is 233 g/mol. The van der Waals surface area contributed by atoms with Crippen LogP contribution < -0.4 is 0 Å². The summed E-state index contributed by atoms with van der Waals surface area (Å²) in [4.78, 5) is 0. The summed E-state index contributed by atoms with van der Waals surface area (Å²) in [6, 6.07) is 17.5. The van der Waals surface area contributed by atoms with E-state index in [-0.39, 0.29) is 5.57 Å². The molecule has 0 aliphatic rings. The van der Waals surface area contributed by atoms with Crippen molar-refractivity contribution in [3.8, 4) is 17.8 Å². The van der Waals surface area contributed by atoms with Gasteiger partial charge in [-0.1, -0.05) is 18.2 Å². The molecule has 0 aliphatic heterocycles. The van der Waals surface area contributed by atoms with Gasteiger partial charge < -0.3 is 4.57 Å². The van der Waals surface area contributed by atoms with Crippen molar-refractivity contribution >= 4 is 6.08 Å². The van der Waals surface area contributed by atoms with Crippen molar-refractivity contribution < 1.29 is 0 Å². The molecule has 0 saturated carbocycles. The molecule has 0 atom stereocenters. The van der Waals surface area contributed by atoms with Gasteiger partial charge in [-0.05, 0) is 37.3 Å². The van der Waals surface area contributed by atoms with Crippen LogP contribution in [0.25, 0.3) is 11.8 Å². The van der Waals surface area contributed by atoms with E-state index >= 15 is 0 Å². The van der Waals surface area contributed by atoms with Gasteiger partial charge in [0.2, 0.25) is 0 Å². The van der Waals surface area contributed by atoms with Crippen LogP contribution in [-0.2, 0) is 0 Å². The van der Waals surface area contributed by atoms with Gasteiger partial charge in [-0.25, -0.2) is 0 Å². The number of aryl methyl sites for hydroxylation is 1. The molecule has 0 saturated heterocycles. The Balaban J connectivity index is 2.58. The highest BCUT2D eigenvalue weighted by atomic mass is 15.0. The van der Waals surface area contributed by atoms with Crippen LogP contribution in [0.2, 0.25) is 0 Å². The molecule has 2 rings (SSSR count). The number of nitriles is 2. The van der Waals surface area contributed by atoms with Gasteiger partial charge in [-0.15, -0.1) is 0 Å². The lowest BCUT2D eigenvalue weighted by atomic mass is 10.2. The molecule has 0 bridgehead atoms. The second-order valence-corrected chi connectivity index (χ2v) is 3.85. The first-order valence-electron chi connectivity index (χ1n) is 5.52. The number of aromatic nitrogens is 1. The Morgan fingerprint density at radius 2 is 1.72 bits per heavy atom. The van der Waals surface area contributed by atoms with Crippen molar-refractivity contribution in [2.75, 3.05) is 0 Å². The lowest BCUT2D eigenvalue weighted by molar-refractivity contribution is 1.00. The SMILES string of the molecule is Cc1ccc(C=C(C#N)C#N)n1-c1ccccc1. The van der Waals surface area contributed by atoms with Crippen molar-refractivity contribution in [3.63, 3.8) is 0 Å². The zero-order chi connectivity index (χ0) is 13.0. The molecular formula is C15H11N3. The van der Waals surface area contributed by atoms with Crippen molar-refractivity contribution in [3.05, 3.63) is 59.4 Å². The molecule has 2 aromatic rings. The third-order valence-corrected chi connectivity index (χ3v) is 2.65. The molecule has 86 valence electrons. The number of benzene rings is 1. The van der Waals surface area contributed by atoms with Crippen molar-refractivity contribution in [1.82, 2.24) is 4.57 Å². The van der Waals surface area contributed by atoms with Crippen LogP contribution in [-0.4, -0.2) is 4.57 Å². The van der Waals surface area contributed by atoms with E-state index in [1.165, 1.54) is 0 Å². The van der Waals surface area contributed by atoms with Gasteiger partial charge in [0, 0.05) is 17.1 Å². The van der Waals surface area contributed by atoms with Crippen molar-refractivity contribution in [2.24, 2.45) is 0 Å². The molecule has 0 radical (unpaired) electrons. The highest BCUT2D eigenvalue weighted by Crippen LogP contribution is 2.18. The average Bonchev–Trinajstić information content (AvgIpc) is 2.78. The van der Waals surface area contributed by atoms with E-state index < -0.39 is 0 Å². The van der Waals surface area contributed by atoms with Gasteiger partial charge >= 0.3 is 0 Å². The van der Waals surface area contributed by atoms with Crippen LogP contribution in [0.1, 0.15) is 11.4 Å². The lowest BCUT2D eigenvalue weighted by Crippen LogP contribution is -1.98. The predicted octanol–water partition coefficient (Wildman–Crippen LogP) is 3.22. The summed E-state index contributed by atoms with van der Waals surface area (Å²) < 4.78 is 2.01. The fourth-order valence-electron chi connectivity index (χ4n) is 1.84. The van der Waals surface area contributed by atoms with Crippen LogP contribution in [0.15, 0.2) is 48.0 Å². The van der Waals surface area contributed by atoms with Crippen LogP contribution in [0.5, 0.6) is 0 Å². The predicted molar refractivity (Wildman–Crippen MR) is 69.7 cm³/mol. The maximum atomic E-state index is 8.81. The smallest absolute Gasteiger partial charge is 0.131 e. The van der Waals surface area contributed by atoms with Gasteiger partial charge in [-0.3, -0.25) is 0 Å². The molecule has 0 spiro atoms. The van der Waals surface area contributed by atoms with E-state index in [4.69, 9.17) is 10.5 Å². The Morgan fingerprint density at radius 3 is 2.33 bits per heavy atom. The summed E-state index contributed by atoms with van der Waals surface area (Å²) in [6.45, 7) is 1.99. The largest absolute Gasteiger partial charge is 0.314 e. The molecule has 1 aromatic carbocycles. The Kier molecular flexibility index (Phi) is 3.27. The van der Waals surface area contributed by atoms with E-state index in [1.807, 2.05) is 66.1 Å². The molecule has 18 heavy (non-hydrogen) atoms. The lowest BCUT2D eigenvalue weighted by Gasteiger charge is -2.09. The first kappa shape index (κ1) is 11.7. The summed E-state index contributed by atoms with van der Waals surface area (Å²) in [5.74, 6) is 0. The van der Waals surface area contributed by atoms with Crippen LogP contribution in [0.4, 0.5) is 0 Å². The first-order valence-corrected chi connectivity index (χ1v) is 5.52. The van der Waals surface area contributed by atoms with E-state index in [9.17, 15) is 0 Å². The highest BCUT2D eigenvalue weighted by Gasteiger charge is 2.06. The monoisotopic (exact) mass is 233 g/mol. The summed E-state index contributed by atoms with van der Waals surface area (Å²) >= 11 is 0. The van der Waals surface area contributed by atoms with Gasteiger partial charge in [0.05, 0.1) is 0 Å². The zero-order valence-corrected chi connectivity index (χ0v) is 9.96. The fraction of sp³-hybridized carbons (Fsp3) is 0.0667.